The van der Waals surface area contributed by atoms with E-state index in [4.69, 9.17) is 37.9 Å². The van der Waals surface area contributed by atoms with E-state index in [-0.39, 0.29) is 6.61 Å². The fraction of sp³-hybridized carbons (Fsp3) is 0.955. The molecule has 17 atom stereocenters. The summed E-state index contributed by atoms with van der Waals surface area (Å²) in [6, 6.07) is 0. The van der Waals surface area contributed by atoms with Crippen LogP contribution in [0.25, 0.3) is 0 Å². The van der Waals surface area contributed by atoms with Gasteiger partial charge in [-0.25, -0.2) is 4.79 Å². The Kier molecular flexibility index (Phi) is 10.9. The fourth-order valence-electron chi connectivity index (χ4n) is 4.85. The average molecular weight is 605 g/mol. The number of carboxylic acids is 1. The third-order valence-corrected chi connectivity index (χ3v) is 7.29. The lowest BCUT2D eigenvalue weighted by Crippen LogP contribution is -2.65. The van der Waals surface area contributed by atoms with Crippen LogP contribution in [0.15, 0.2) is 0 Å². The van der Waals surface area contributed by atoms with Crippen LogP contribution in [-0.2, 0) is 42.7 Å². The smallest absolute Gasteiger partial charge is 0.335 e. The van der Waals surface area contributed by atoms with Crippen molar-refractivity contribution in [1.29, 1.82) is 0 Å². The van der Waals surface area contributed by atoms with Crippen LogP contribution in [-0.4, -0.2) is 188 Å². The van der Waals surface area contributed by atoms with E-state index in [1.807, 2.05) is 0 Å². The van der Waals surface area contributed by atoms with Gasteiger partial charge in [-0.1, -0.05) is 0 Å². The Hall–Kier alpha value is -1.21. The summed E-state index contributed by atoms with van der Waals surface area (Å²) in [6.07, 6.45) is -27.9. The summed E-state index contributed by atoms with van der Waals surface area (Å²) < 4.78 is 42.4. The van der Waals surface area contributed by atoms with E-state index in [2.05, 4.69) is 0 Å². The lowest BCUT2D eigenvalue weighted by molar-refractivity contribution is -0.372. The molecule has 19 nitrogen and oxygen atoms in total. The standard InChI is InChI=1S/C22H36O19/c1-34-15-11(27)14(30)21(41-17(15)18(31)32)40-16-8(24)5(23)2-36-22(16)39-7-4-37-20(13(29)10(7)26)38-6-3-35-19(33)12(28)9(6)25/h5-17,19-30,33H,2-4H2,1H3,(H,31,32)/t5-,6-,7-,8+,9+,10+,11-,12-,13-,14-,15+,16-,17+,19-,20+,21+,22+/m1/s1. The van der Waals surface area contributed by atoms with E-state index in [1.54, 1.807) is 0 Å². The van der Waals surface area contributed by atoms with Gasteiger partial charge in [-0.15, -0.1) is 0 Å². The maximum atomic E-state index is 11.6. The highest BCUT2D eigenvalue weighted by atomic mass is 16.8. The maximum absolute atomic E-state index is 11.6. The lowest BCUT2D eigenvalue weighted by atomic mass is 9.98. The van der Waals surface area contributed by atoms with Gasteiger partial charge in [0.15, 0.2) is 31.3 Å². The van der Waals surface area contributed by atoms with Gasteiger partial charge in [0.2, 0.25) is 0 Å². The Morgan fingerprint density at radius 2 is 1.17 bits per heavy atom. The molecule has 0 saturated carbocycles. The van der Waals surface area contributed by atoms with Gasteiger partial charge in [0.1, 0.15) is 73.2 Å². The van der Waals surface area contributed by atoms with E-state index in [9.17, 15) is 55.9 Å². The maximum Gasteiger partial charge on any atom is 0.335 e. The van der Waals surface area contributed by atoms with Crippen LogP contribution in [0.5, 0.6) is 0 Å². The van der Waals surface area contributed by atoms with Crippen LogP contribution in [0, 0.1) is 0 Å². The van der Waals surface area contributed by atoms with Gasteiger partial charge in [-0.05, 0) is 0 Å². The molecule has 4 aliphatic rings. The number of methoxy groups -OCH3 is 1. The normalized spacial score (nSPS) is 51.3. The molecule has 10 N–H and O–H groups in total. The molecule has 0 aliphatic carbocycles. The number of aliphatic hydroxyl groups is 9. The molecule has 0 aromatic rings. The molecule has 0 spiro atoms. The molecule has 0 bridgehead atoms. The van der Waals surface area contributed by atoms with Gasteiger partial charge in [0.05, 0.1) is 19.8 Å². The summed E-state index contributed by atoms with van der Waals surface area (Å²) in [5.41, 5.74) is 0. The molecular formula is C22H36O19. The monoisotopic (exact) mass is 604 g/mol. The van der Waals surface area contributed by atoms with Gasteiger partial charge < -0.3 is 89.0 Å². The van der Waals surface area contributed by atoms with Crippen molar-refractivity contribution in [2.24, 2.45) is 0 Å². The summed E-state index contributed by atoms with van der Waals surface area (Å²) in [5.74, 6) is -1.55. The summed E-state index contributed by atoms with van der Waals surface area (Å²) in [4.78, 5) is 11.6. The topological polar surface area (TPSA) is 293 Å². The predicted molar refractivity (Wildman–Crippen MR) is 121 cm³/mol. The van der Waals surface area contributed by atoms with Crippen molar-refractivity contribution in [3.63, 3.8) is 0 Å². The second-order valence-electron chi connectivity index (χ2n) is 10.0. The van der Waals surface area contributed by atoms with Crippen molar-refractivity contribution in [1.82, 2.24) is 0 Å². The number of rotatable bonds is 8. The molecular weight excluding hydrogens is 568 g/mol. The Labute approximate surface area is 231 Å². The van der Waals surface area contributed by atoms with Crippen LogP contribution < -0.4 is 0 Å². The van der Waals surface area contributed by atoms with Crippen LogP contribution >= 0.6 is 0 Å². The number of ether oxygens (including phenoxy) is 8. The molecule has 0 aromatic heterocycles. The molecule has 0 amide bonds. The second-order valence-corrected chi connectivity index (χ2v) is 10.0. The average Bonchev–Trinajstić information content (AvgIpc) is 2.94. The number of carboxylic acid groups (broad SMARTS) is 1. The third-order valence-electron chi connectivity index (χ3n) is 7.29. The Morgan fingerprint density at radius 1 is 0.610 bits per heavy atom. The Bertz CT molecular complexity index is 865. The molecule has 238 valence electrons. The zero-order valence-electron chi connectivity index (χ0n) is 21.6. The molecule has 4 fully saturated rings. The van der Waals surface area contributed by atoms with Gasteiger partial charge >= 0.3 is 5.97 Å². The highest BCUT2D eigenvalue weighted by molar-refractivity contribution is 5.73. The van der Waals surface area contributed by atoms with Crippen molar-refractivity contribution < 1.29 is 93.8 Å². The highest BCUT2D eigenvalue weighted by Crippen LogP contribution is 2.31. The van der Waals surface area contributed by atoms with Gasteiger partial charge in [0, 0.05) is 7.11 Å². The predicted octanol–water partition coefficient (Wildman–Crippen LogP) is -7.09. The van der Waals surface area contributed by atoms with E-state index in [1.165, 1.54) is 0 Å². The molecule has 41 heavy (non-hydrogen) atoms. The second kappa shape index (κ2) is 13.6. The van der Waals surface area contributed by atoms with Crippen LogP contribution in [0.4, 0.5) is 0 Å². The zero-order chi connectivity index (χ0) is 30.2. The van der Waals surface area contributed by atoms with Crippen LogP contribution in [0.2, 0.25) is 0 Å². The summed E-state index contributed by atoms with van der Waals surface area (Å²) >= 11 is 0. The summed E-state index contributed by atoms with van der Waals surface area (Å²) in [7, 11) is 1.10. The first-order chi connectivity index (χ1) is 19.3. The summed E-state index contributed by atoms with van der Waals surface area (Å²) in [6.45, 7) is -1.30. The quantitative estimate of drug-likeness (QED) is 0.123. The molecule has 0 aromatic carbocycles. The van der Waals surface area contributed by atoms with Crippen molar-refractivity contribution in [2.75, 3.05) is 26.9 Å². The molecule has 4 heterocycles. The Morgan fingerprint density at radius 3 is 1.80 bits per heavy atom. The van der Waals surface area contributed by atoms with Crippen LogP contribution in [0.3, 0.4) is 0 Å². The molecule has 4 saturated heterocycles. The first-order valence-electron chi connectivity index (χ1n) is 12.7. The largest absolute Gasteiger partial charge is 0.479 e. The highest BCUT2D eigenvalue weighted by Gasteiger charge is 2.53. The number of aliphatic hydroxyl groups excluding tert-OH is 9. The Balaban J connectivity index is 1.41. The zero-order valence-corrected chi connectivity index (χ0v) is 21.6. The van der Waals surface area contributed by atoms with Crippen molar-refractivity contribution in [3.8, 4) is 0 Å². The molecule has 4 aliphatic heterocycles. The molecule has 0 radical (unpaired) electrons. The minimum Gasteiger partial charge on any atom is -0.479 e. The van der Waals surface area contributed by atoms with Crippen molar-refractivity contribution in [3.05, 3.63) is 0 Å². The third kappa shape index (κ3) is 6.81. The SMILES string of the molecule is CO[C@H]1[C@H](O)[C@@H](O)[C@@H](O[C@H]2[C@H](O[C@@H]3CO[C@@H](O[C@@H]4CO[C@@H](O)[C@H](O)[C@H]4O)[C@H](O)[C@H]3O)OC[C@@H](O)[C@@H]2O)O[C@@H]1C(=O)O. The summed E-state index contributed by atoms with van der Waals surface area (Å²) in [5, 5.41) is 101. The van der Waals surface area contributed by atoms with Gasteiger partial charge in [-0.3, -0.25) is 0 Å². The number of aliphatic carboxylic acids is 1. The van der Waals surface area contributed by atoms with Gasteiger partial charge in [-0.2, -0.15) is 0 Å². The van der Waals surface area contributed by atoms with Crippen molar-refractivity contribution in [2.45, 2.75) is 105 Å². The van der Waals surface area contributed by atoms with E-state index in [0.717, 1.165) is 7.11 Å². The van der Waals surface area contributed by atoms with E-state index >= 15 is 0 Å². The number of hydrogen-bond donors (Lipinski definition) is 10. The molecule has 0 unspecified atom stereocenters. The van der Waals surface area contributed by atoms with E-state index < -0.39 is 124 Å². The van der Waals surface area contributed by atoms with Crippen molar-refractivity contribution >= 4 is 5.97 Å². The molecule has 4 rings (SSSR count). The fourth-order valence-corrected chi connectivity index (χ4v) is 4.85. The first-order valence-corrected chi connectivity index (χ1v) is 12.7. The van der Waals surface area contributed by atoms with Crippen LogP contribution in [0.1, 0.15) is 0 Å². The minimum atomic E-state index is -1.87. The molecule has 19 heteroatoms. The first kappa shape index (κ1) is 32.7. The van der Waals surface area contributed by atoms with Gasteiger partial charge in [0.25, 0.3) is 0 Å². The van der Waals surface area contributed by atoms with E-state index in [0.29, 0.717) is 0 Å². The number of hydrogen-bond acceptors (Lipinski definition) is 18. The number of carbonyl (C=O) groups is 1. The minimum absolute atomic E-state index is 0.366. The lowest BCUT2D eigenvalue weighted by Gasteiger charge is -2.46.